The molecule has 0 saturated heterocycles. The molecule has 158 valence electrons. The lowest BCUT2D eigenvalue weighted by molar-refractivity contribution is -0.253. The smallest absolute Gasteiger partial charge is 0.428 e. The maximum atomic E-state index is 14.3. The number of hydrogen-bond donors (Lipinski definition) is 0. The minimum Gasteiger partial charge on any atom is -0.428 e. The van der Waals surface area contributed by atoms with Gasteiger partial charge < -0.3 is 4.74 Å². The zero-order valence-electron chi connectivity index (χ0n) is 15.9. The maximum Gasteiger partial charge on any atom is 0.461 e. The molecule has 3 aromatic rings. The Hall–Kier alpha value is -2.41. The van der Waals surface area contributed by atoms with Crippen LogP contribution in [0.25, 0.3) is 0 Å². The van der Waals surface area contributed by atoms with Crippen LogP contribution in [-0.2, 0) is 11.8 Å². The fraction of sp³-hybridized carbons (Fsp3) is 0.217. The molecule has 0 aliphatic carbocycles. The number of ether oxygens (including phenoxy) is 1. The molecular formula is C23H18BrF5O. The van der Waals surface area contributed by atoms with E-state index in [9.17, 15) is 22.0 Å². The predicted octanol–water partition coefficient (Wildman–Crippen LogP) is 7.37. The number of hydrogen-bond acceptors (Lipinski definition) is 1. The van der Waals surface area contributed by atoms with Crippen LogP contribution in [0.2, 0.25) is 0 Å². The number of rotatable bonds is 7. The predicted molar refractivity (Wildman–Crippen MR) is 109 cm³/mol. The summed E-state index contributed by atoms with van der Waals surface area (Å²) in [6.07, 6.45) is -8.35. The molecule has 0 amide bonds. The minimum absolute atomic E-state index is 0.324. The zero-order valence-corrected chi connectivity index (χ0v) is 17.5. The van der Waals surface area contributed by atoms with Gasteiger partial charge in [-0.05, 0) is 47.4 Å². The molecular weight excluding hydrogens is 467 g/mol. The topological polar surface area (TPSA) is 9.23 Å². The molecule has 0 unspecified atom stereocenters. The molecule has 3 rings (SSSR count). The molecule has 0 radical (unpaired) electrons. The van der Waals surface area contributed by atoms with Gasteiger partial charge in [-0.3, -0.25) is 0 Å². The van der Waals surface area contributed by atoms with Gasteiger partial charge in [0.05, 0.1) is 0 Å². The largest absolute Gasteiger partial charge is 0.461 e. The number of benzene rings is 3. The molecule has 1 nitrogen and oxygen atoms in total. The van der Waals surface area contributed by atoms with E-state index in [1.54, 1.807) is 0 Å². The second kappa shape index (κ2) is 8.76. The van der Waals surface area contributed by atoms with Crippen LogP contribution >= 0.6 is 15.9 Å². The highest BCUT2D eigenvalue weighted by Gasteiger charge is 2.44. The highest BCUT2D eigenvalue weighted by molar-refractivity contribution is 9.10. The number of halogens is 6. The van der Waals surface area contributed by atoms with Crippen molar-refractivity contribution in [3.63, 3.8) is 0 Å². The molecule has 0 saturated carbocycles. The van der Waals surface area contributed by atoms with Gasteiger partial charge in [0.25, 0.3) is 0 Å². The SMILES string of the molecule is C[C@@](Cc1ccccc1)(c1cccc(Br)c1)c1cc(F)cc(OC(F)(F)C(F)F)c1. The van der Waals surface area contributed by atoms with Crippen LogP contribution < -0.4 is 4.74 Å². The summed E-state index contributed by atoms with van der Waals surface area (Å²) in [5.74, 6) is -1.52. The Bertz CT molecular complexity index is 1010. The summed E-state index contributed by atoms with van der Waals surface area (Å²) in [5, 5.41) is 0. The first-order valence-corrected chi connectivity index (χ1v) is 9.85. The van der Waals surface area contributed by atoms with E-state index in [-0.39, 0.29) is 0 Å². The third-order valence-corrected chi connectivity index (χ3v) is 5.37. The van der Waals surface area contributed by atoms with E-state index in [0.29, 0.717) is 18.1 Å². The summed E-state index contributed by atoms with van der Waals surface area (Å²) in [6, 6.07) is 19.8. The van der Waals surface area contributed by atoms with Crippen molar-refractivity contribution in [2.45, 2.75) is 31.3 Å². The molecule has 0 heterocycles. The van der Waals surface area contributed by atoms with Crippen molar-refractivity contribution in [1.29, 1.82) is 0 Å². The molecule has 0 spiro atoms. The summed E-state index contributed by atoms with van der Waals surface area (Å²) < 4.78 is 71.2. The van der Waals surface area contributed by atoms with Gasteiger partial charge in [-0.2, -0.15) is 17.6 Å². The molecule has 7 heteroatoms. The van der Waals surface area contributed by atoms with E-state index in [4.69, 9.17) is 0 Å². The van der Waals surface area contributed by atoms with Crippen LogP contribution in [0, 0.1) is 5.82 Å². The molecule has 3 aromatic carbocycles. The van der Waals surface area contributed by atoms with Crippen LogP contribution in [0.15, 0.2) is 77.3 Å². The quantitative estimate of drug-likeness (QED) is 0.318. The van der Waals surface area contributed by atoms with Gasteiger partial charge in [-0.15, -0.1) is 0 Å². The molecule has 0 aliphatic heterocycles. The first-order chi connectivity index (χ1) is 14.1. The lowest BCUT2D eigenvalue weighted by Crippen LogP contribution is -2.34. The summed E-state index contributed by atoms with van der Waals surface area (Å²) >= 11 is 3.42. The van der Waals surface area contributed by atoms with Crippen LogP contribution in [-0.4, -0.2) is 12.5 Å². The fourth-order valence-electron chi connectivity index (χ4n) is 3.35. The van der Waals surface area contributed by atoms with Crippen LogP contribution in [0.1, 0.15) is 23.6 Å². The first kappa shape index (κ1) is 22.3. The Morgan fingerprint density at radius 3 is 2.23 bits per heavy atom. The van der Waals surface area contributed by atoms with Crippen molar-refractivity contribution in [3.05, 3.63) is 99.8 Å². The van der Waals surface area contributed by atoms with Crippen molar-refractivity contribution in [3.8, 4) is 5.75 Å². The Morgan fingerprint density at radius 2 is 1.60 bits per heavy atom. The molecule has 0 fully saturated rings. The monoisotopic (exact) mass is 484 g/mol. The summed E-state index contributed by atoms with van der Waals surface area (Å²) in [4.78, 5) is 0. The van der Waals surface area contributed by atoms with E-state index in [2.05, 4.69) is 20.7 Å². The van der Waals surface area contributed by atoms with Gasteiger partial charge in [0.2, 0.25) is 0 Å². The van der Waals surface area contributed by atoms with Gasteiger partial charge in [0, 0.05) is 16.0 Å². The molecule has 0 aliphatic rings. The van der Waals surface area contributed by atoms with E-state index < -0.39 is 29.5 Å². The second-order valence-electron chi connectivity index (χ2n) is 7.14. The Balaban J connectivity index is 2.12. The molecule has 1 atom stereocenters. The fourth-order valence-corrected chi connectivity index (χ4v) is 3.75. The standard InChI is InChI=1S/C23H18BrF5O/c1-22(14-15-6-3-2-4-7-15,16-8-5-9-18(24)10-16)17-11-19(25)13-20(12-17)30-23(28,29)21(26)27/h2-13,21H,14H2,1H3/t22-/m1/s1. The van der Waals surface area contributed by atoms with Crippen LogP contribution in [0.4, 0.5) is 22.0 Å². The number of alkyl halides is 4. The van der Waals surface area contributed by atoms with Gasteiger partial charge in [-0.1, -0.05) is 65.3 Å². The van der Waals surface area contributed by atoms with Gasteiger partial charge in [0.15, 0.2) is 0 Å². The van der Waals surface area contributed by atoms with Crippen molar-refractivity contribution >= 4 is 15.9 Å². The van der Waals surface area contributed by atoms with Crippen LogP contribution in [0.5, 0.6) is 5.75 Å². The van der Waals surface area contributed by atoms with Crippen LogP contribution in [0.3, 0.4) is 0 Å². The lowest BCUT2D eigenvalue weighted by Gasteiger charge is -2.32. The van der Waals surface area contributed by atoms with Crippen molar-refractivity contribution < 1.29 is 26.7 Å². The third-order valence-electron chi connectivity index (χ3n) is 4.88. The van der Waals surface area contributed by atoms with E-state index in [0.717, 1.165) is 15.6 Å². The Kier molecular flexibility index (Phi) is 6.50. The van der Waals surface area contributed by atoms with E-state index >= 15 is 0 Å². The summed E-state index contributed by atoms with van der Waals surface area (Å²) in [7, 11) is 0. The summed E-state index contributed by atoms with van der Waals surface area (Å²) in [6.45, 7) is 1.84. The molecule has 0 N–H and O–H groups in total. The van der Waals surface area contributed by atoms with Gasteiger partial charge >= 0.3 is 12.5 Å². The average Bonchev–Trinajstić information content (AvgIpc) is 2.67. The minimum atomic E-state index is -4.73. The van der Waals surface area contributed by atoms with Gasteiger partial charge in [-0.25, -0.2) is 4.39 Å². The average molecular weight is 485 g/mol. The lowest BCUT2D eigenvalue weighted by atomic mass is 9.72. The van der Waals surface area contributed by atoms with Gasteiger partial charge in [0.1, 0.15) is 11.6 Å². The van der Waals surface area contributed by atoms with Crippen molar-refractivity contribution in [2.75, 3.05) is 0 Å². The maximum absolute atomic E-state index is 14.3. The van der Waals surface area contributed by atoms with E-state index in [1.807, 2.05) is 61.5 Å². The van der Waals surface area contributed by atoms with Crippen molar-refractivity contribution in [2.24, 2.45) is 0 Å². The highest BCUT2D eigenvalue weighted by Crippen LogP contribution is 2.39. The normalized spacial score (nSPS) is 13.9. The zero-order chi connectivity index (χ0) is 21.9. The third kappa shape index (κ3) is 5.01. The molecule has 30 heavy (non-hydrogen) atoms. The second-order valence-corrected chi connectivity index (χ2v) is 8.06. The molecule has 0 bridgehead atoms. The Morgan fingerprint density at radius 1 is 0.900 bits per heavy atom. The van der Waals surface area contributed by atoms with E-state index in [1.165, 1.54) is 12.1 Å². The Labute approximate surface area is 179 Å². The highest BCUT2D eigenvalue weighted by atomic mass is 79.9. The summed E-state index contributed by atoms with van der Waals surface area (Å²) in [5.41, 5.74) is 1.19. The molecule has 0 aromatic heterocycles. The van der Waals surface area contributed by atoms with Crippen molar-refractivity contribution in [1.82, 2.24) is 0 Å². The first-order valence-electron chi connectivity index (χ1n) is 9.06.